The van der Waals surface area contributed by atoms with Crippen LogP contribution in [0.3, 0.4) is 0 Å². The number of rotatable bonds is 4. The van der Waals surface area contributed by atoms with Crippen molar-refractivity contribution in [1.29, 1.82) is 0 Å². The maximum absolute atomic E-state index is 6.06. The highest BCUT2D eigenvalue weighted by molar-refractivity contribution is 6.02. The molecular formula is C29H26N6O. The molecule has 0 spiro atoms. The molecule has 0 fully saturated rings. The van der Waals surface area contributed by atoms with E-state index in [1.165, 1.54) is 0 Å². The van der Waals surface area contributed by atoms with Crippen molar-refractivity contribution < 1.29 is 4.74 Å². The molecule has 2 aromatic heterocycles. The minimum atomic E-state index is -0.302. The van der Waals surface area contributed by atoms with Crippen LogP contribution in [0.1, 0.15) is 25.0 Å². The highest BCUT2D eigenvalue weighted by Crippen LogP contribution is 2.37. The minimum absolute atomic E-state index is 0.302. The van der Waals surface area contributed by atoms with Gasteiger partial charge in [-0.2, -0.15) is 0 Å². The summed E-state index contributed by atoms with van der Waals surface area (Å²) in [5.74, 6) is 2.23. The molecular weight excluding hydrogens is 448 g/mol. The average Bonchev–Trinajstić information content (AvgIpc) is 2.88. The molecule has 0 saturated carbocycles. The average molecular weight is 475 g/mol. The second-order valence-electron chi connectivity index (χ2n) is 9.51. The Labute approximate surface area is 209 Å². The van der Waals surface area contributed by atoms with E-state index in [0.29, 0.717) is 5.95 Å². The van der Waals surface area contributed by atoms with Gasteiger partial charge in [0.1, 0.15) is 23.5 Å². The number of nitrogens with zero attached hydrogens (tertiary/aromatic N) is 4. The molecule has 6 rings (SSSR count). The van der Waals surface area contributed by atoms with Gasteiger partial charge in [-0.05, 0) is 74.4 Å². The maximum Gasteiger partial charge on any atom is 0.222 e. The molecule has 0 amide bonds. The third-order valence-corrected chi connectivity index (χ3v) is 6.42. The van der Waals surface area contributed by atoms with Gasteiger partial charge in [0, 0.05) is 40.8 Å². The highest BCUT2D eigenvalue weighted by atomic mass is 16.5. The van der Waals surface area contributed by atoms with Crippen LogP contribution in [0.4, 0.5) is 17.5 Å². The zero-order valence-electron chi connectivity index (χ0n) is 20.6. The molecule has 5 aromatic rings. The maximum atomic E-state index is 6.06. The third-order valence-electron chi connectivity index (χ3n) is 6.42. The molecule has 2 N–H and O–H groups in total. The Morgan fingerprint density at radius 2 is 1.83 bits per heavy atom. The molecule has 1 aliphatic rings. The first-order valence-electron chi connectivity index (χ1n) is 11.9. The van der Waals surface area contributed by atoms with Crippen LogP contribution in [-0.4, -0.2) is 32.6 Å². The van der Waals surface area contributed by atoms with E-state index in [2.05, 4.69) is 75.0 Å². The molecule has 0 bridgehead atoms. The Morgan fingerprint density at radius 1 is 0.944 bits per heavy atom. The molecule has 1 aliphatic heterocycles. The van der Waals surface area contributed by atoms with E-state index in [1.54, 1.807) is 6.33 Å². The first-order valence-corrected chi connectivity index (χ1v) is 11.9. The van der Waals surface area contributed by atoms with E-state index < -0.39 is 0 Å². The zero-order valence-corrected chi connectivity index (χ0v) is 20.6. The van der Waals surface area contributed by atoms with E-state index in [-0.39, 0.29) is 5.60 Å². The first-order chi connectivity index (χ1) is 17.4. The quantitative estimate of drug-likeness (QED) is 0.307. The molecule has 36 heavy (non-hydrogen) atoms. The fourth-order valence-corrected chi connectivity index (χ4v) is 4.60. The van der Waals surface area contributed by atoms with E-state index in [9.17, 15) is 0 Å². The summed E-state index contributed by atoms with van der Waals surface area (Å²) < 4.78 is 6.06. The predicted molar refractivity (Wildman–Crippen MR) is 146 cm³/mol. The number of aromatic nitrogens is 4. The SMILES string of the molecule is CNc1ncc2cc(-c3c(C)ccc4c(Nc5ccc6c(c5)C=CC(C)(C)O6)ncnc34)ccc2n1. The van der Waals surface area contributed by atoms with Gasteiger partial charge in [-0.15, -0.1) is 0 Å². The topological polar surface area (TPSA) is 84.9 Å². The van der Waals surface area contributed by atoms with Gasteiger partial charge in [0.15, 0.2) is 0 Å². The number of ether oxygens (including phenoxy) is 1. The van der Waals surface area contributed by atoms with Crippen molar-refractivity contribution in [3.63, 3.8) is 0 Å². The largest absolute Gasteiger partial charge is 0.483 e. The fraction of sp³-hybridized carbons (Fsp3) is 0.172. The molecule has 0 radical (unpaired) electrons. The Morgan fingerprint density at radius 3 is 2.69 bits per heavy atom. The van der Waals surface area contributed by atoms with Crippen molar-refractivity contribution in [3.05, 3.63) is 78.3 Å². The van der Waals surface area contributed by atoms with Gasteiger partial charge in [0.25, 0.3) is 0 Å². The van der Waals surface area contributed by atoms with Gasteiger partial charge in [0.2, 0.25) is 5.95 Å². The minimum Gasteiger partial charge on any atom is -0.483 e. The van der Waals surface area contributed by atoms with Crippen LogP contribution < -0.4 is 15.4 Å². The van der Waals surface area contributed by atoms with Crippen LogP contribution in [0.2, 0.25) is 0 Å². The molecule has 7 nitrogen and oxygen atoms in total. The van der Waals surface area contributed by atoms with Crippen LogP contribution in [-0.2, 0) is 0 Å². The van der Waals surface area contributed by atoms with E-state index in [4.69, 9.17) is 9.72 Å². The third kappa shape index (κ3) is 3.88. The lowest BCUT2D eigenvalue weighted by molar-refractivity contribution is 0.159. The summed E-state index contributed by atoms with van der Waals surface area (Å²) in [4.78, 5) is 18.2. The number of hydrogen-bond donors (Lipinski definition) is 2. The molecule has 0 atom stereocenters. The lowest BCUT2D eigenvalue weighted by Gasteiger charge is -2.28. The predicted octanol–water partition coefficient (Wildman–Crippen LogP) is 6.52. The molecule has 3 aromatic carbocycles. The summed E-state index contributed by atoms with van der Waals surface area (Å²) in [6.45, 7) is 6.20. The molecule has 0 saturated heterocycles. The van der Waals surface area contributed by atoms with E-state index >= 15 is 0 Å². The van der Waals surface area contributed by atoms with Crippen LogP contribution in [0.25, 0.3) is 39.0 Å². The Balaban J connectivity index is 1.41. The van der Waals surface area contributed by atoms with Gasteiger partial charge in [-0.3, -0.25) is 0 Å². The summed E-state index contributed by atoms with van der Waals surface area (Å²) in [6, 6.07) is 16.5. The van der Waals surface area contributed by atoms with E-state index in [1.807, 2.05) is 45.3 Å². The summed E-state index contributed by atoms with van der Waals surface area (Å²) in [5, 5.41) is 8.40. The van der Waals surface area contributed by atoms with Crippen molar-refractivity contribution in [1.82, 2.24) is 19.9 Å². The van der Waals surface area contributed by atoms with Gasteiger partial charge in [0.05, 0.1) is 11.0 Å². The number of fused-ring (bicyclic) bond motifs is 3. The Hall–Kier alpha value is -4.52. The van der Waals surface area contributed by atoms with E-state index in [0.717, 1.165) is 61.3 Å². The molecule has 0 aliphatic carbocycles. The second-order valence-corrected chi connectivity index (χ2v) is 9.51. The molecule has 0 unspecified atom stereocenters. The van der Waals surface area contributed by atoms with Crippen molar-refractivity contribution in [2.75, 3.05) is 17.7 Å². The number of aryl methyl sites for hydroxylation is 1. The van der Waals surface area contributed by atoms with Crippen molar-refractivity contribution in [3.8, 4) is 16.9 Å². The van der Waals surface area contributed by atoms with Crippen LogP contribution >= 0.6 is 0 Å². The second kappa shape index (κ2) is 8.30. The zero-order chi connectivity index (χ0) is 24.9. The lowest BCUT2D eigenvalue weighted by Crippen LogP contribution is -2.27. The van der Waals surface area contributed by atoms with Crippen LogP contribution in [0.15, 0.2) is 67.1 Å². The first kappa shape index (κ1) is 22.0. The number of nitrogens with one attached hydrogen (secondary N) is 2. The van der Waals surface area contributed by atoms with Crippen molar-refractivity contribution >= 4 is 45.3 Å². The van der Waals surface area contributed by atoms with Gasteiger partial charge in [-0.25, -0.2) is 19.9 Å². The summed E-state index contributed by atoms with van der Waals surface area (Å²) in [7, 11) is 1.82. The summed E-state index contributed by atoms with van der Waals surface area (Å²) >= 11 is 0. The molecule has 178 valence electrons. The van der Waals surface area contributed by atoms with Crippen LogP contribution in [0.5, 0.6) is 5.75 Å². The molecule has 3 heterocycles. The van der Waals surface area contributed by atoms with Crippen molar-refractivity contribution in [2.24, 2.45) is 0 Å². The fourth-order valence-electron chi connectivity index (χ4n) is 4.60. The smallest absolute Gasteiger partial charge is 0.222 e. The Kier molecular flexibility index (Phi) is 5.07. The van der Waals surface area contributed by atoms with Gasteiger partial charge < -0.3 is 15.4 Å². The van der Waals surface area contributed by atoms with Crippen LogP contribution in [0, 0.1) is 6.92 Å². The monoisotopic (exact) mass is 474 g/mol. The normalized spacial score (nSPS) is 13.9. The lowest BCUT2D eigenvalue weighted by atomic mass is 9.96. The highest BCUT2D eigenvalue weighted by Gasteiger charge is 2.22. The van der Waals surface area contributed by atoms with Gasteiger partial charge >= 0.3 is 0 Å². The number of hydrogen-bond acceptors (Lipinski definition) is 7. The molecule has 7 heteroatoms. The number of anilines is 3. The summed E-state index contributed by atoms with van der Waals surface area (Å²) in [6.07, 6.45) is 7.63. The number of benzene rings is 3. The summed E-state index contributed by atoms with van der Waals surface area (Å²) in [5.41, 5.74) is 6.72. The standard InChI is InChI=1S/C29H26N6O/c1-17-5-8-22-26(25(17)19-6-9-23-20(13-19)15-31-28(30-4)35-23)32-16-33-27(22)34-21-7-10-24-18(14-21)11-12-29(2,3)36-24/h5-16H,1-4H3,(H,30,31,35)(H,32,33,34). The Bertz CT molecular complexity index is 1670. The van der Waals surface area contributed by atoms with Crippen molar-refractivity contribution in [2.45, 2.75) is 26.4 Å². The van der Waals surface area contributed by atoms with Gasteiger partial charge in [-0.1, -0.05) is 18.2 Å².